The van der Waals surface area contributed by atoms with Crippen molar-refractivity contribution in [3.8, 4) is 5.75 Å². The van der Waals surface area contributed by atoms with Crippen LogP contribution in [0.1, 0.15) is 153 Å². The summed E-state index contributed by atoms with van der Waals surface area (Å²) in [5.41, 5.74) is 1.27. The summed E-state index contributed by atoms with van der Waals surface area (Å²) < 4.78 is 51.3. The number of hydrogen-bond donors (Lipinski definition) is 4. The molecule has 6 amide bonds. The molecule has 2 saturated heterocycles. The summed E-state index contributed by atoms with van der Waals surface area (Å²) in [6, 6.07) is 6.26. The van der Waals surface area contributed by atoms with E-state index < -0.39 is 59.8 Å². The van der Waals surface area contributed by atoms with Crippen LogP contribution in [0.4, 0.5) is 42.0 Å². The Balaban J connectivity index is 0.681. The van der Waals surface area contributed by atoms with E-state index in [1.54, 1.807) is 18.2 Å². The third-order valence-corrected chi connectivity index (χ3v) is 14.8. The minimum Gasteiger partial charge on any atom is -0.495 e. The van der Waals surface area contributed by atoms with Crippen molar-refractivity contribution < 1.29 is 46.7 Å². The number of piperidine rings is 2. The summed E-state index contributed by atoms with van der Waals surface area (Å²) in [7, 11) is 2.67. The van der Waals surface area contributed by atoms with Crippen molar-refractivity contribution in [1.82, 2.24) is 30.4 Å². The second-order valence-corrected chi connectivity index (χ2v) is 19.8. The van der Waals surface area contributed by atoms with Crippen LogP contribution in [0.2, 0.25) is 0 Å². The van der Waals surface area contributed by atoms with Gasteiger partial charge in [-0.15, -0.1) is 0 Å². The molecule has 1 saturated carbocycles. The lowest BCUT2D eigenvalue weighted by molar-refractivity contribution is -0.140. The van der Waals surface area contributed by atoms with E-state index >= 15 is 13.2 Å². The largest absolute Gasteiger partial charge is 0.495 e. The van der Waals surface area contributed by atoms with Crippen molar-refractivity contribution in [2.75, 3.05) is 67.3 Å². The monoisotopic (exact) mass is 1000 g/mol. The standard InChI is InChI=1S/C52H67F3N10O7/c1-62-41-31-57-51(61-45(41)64(34-17-12-13-18-34)32-52(54,55)50(62)71)59-39-30-37(53)36(29-42(39)72-2)46(67)58-33-23-27-63(28-24-33)26-15-11-9-7-5-3-4-6-8-10-14-25-56-38-20-16-19-35-44(38)49(70)65(48(35)69)40-21-22-43(66)60-47(40)68/h16,19-20,29-31,33-34,40,56H,3-15,17-18,21-28,32H2,1-2H3,(H,58,67)(H,57,59,61)(H,60,66,68). The topological polar surface area (TPSA) is 199 Å². The highest BCUT2D eigenvalue weighted by Gasteiger charge is 2.49. The molecule has 4 aliphatic heterocycles. The first-order chi connectivity index (χ1) is 34.7. The Morgan fingerprint density at radius 3 is 2.22 bits per heavy atom. The number of fused-ring (bicyclic) bond motifs is 2. The lowest BCUT2D eigenvalue weighted by atomic mass is 10.0. The predicted molar refractivity (Wildman–Crippen MR) is 266 cm³/mol. The molecule has 4 N–H and O–H groups in total. The summed E-state index contributed by atoms with van der Waals surface area (Å²) in [4.78, 5) is 91.1. The van der Waals surface area contributed by atoms with Crippen LogP contribution in [0.15, 0.2) is 36.5 Å². The van der Waals surface area contributed by atoms with Crippen molar-refractivity contribution in [2.24, 2.45) is 0 Å². The van der Waals surface area contributed by atoms with E-state index in [0.717, 1.165) is 86.9 Å². The zero-order chi connectivity index (χ0) is 50.9. The molecule has 2 aromatic carbocycles. The molecular formula is C52H67F3N10O7. The van der Waals surface area contributed by atoms with Crippen LogP contribution < -0.4 is 35.8 Å². The Morgan fingerprint density at radius 2 is 1.54 bits per heavy atom. The molecule has 0 radical (unpaired) electrons. The molecule has 20 heteroatoms. The molecule has 1 aromatic heterocycles. The van der Waals surface area contributed by atoms with Crippen molar-refractivity contribution in [3.05, 3.63) is 59.0 Å². The maximum atomic E-state index is 15.6. The van der Waals surface area contributed by atoms with Crippen LogP contribution in [0.25, 0.3) is 0 Å². The Hall–Kier alpha value is -6.31. The fraction of sp³-hybridized carbons (Fsp3) is 0.577. The van der Waals surface area contributed by atoms with Gasteiger partial charge in [0.05, 0.1) is 42.2 Å². The van der Waals surface area contributed by atoms with E-state index in [1.165, 1.54) is 76.3 Å². The number of hydrogen-bond acceptors (Lipinski definition) is 13. The number of methoxy groups -OCH3 is 1. The Morgan fingerprint density at radius 1 is 0.861 bits per heavy atom. The van der Waals surface area contributed by atoms with Gasteiger partial charge in [-0.3, -0.25) is 39.0 Å². The number of benzene rings is 2. The number of carbonyl (C=O) groups is 6. The molecule has 5 aliphatic rings. The maximum absolute atomic E-state index is 15.6. The van der Waals surface area contributed by atoms with Gasteiger partial charge in [-0.1, -0.05) is 76.7 Å². The number of anilines is 5. The maximum Gasteiger partial charge on any atom is 0.342 e. The summed E-state index contributed by atoms with van der Waals surface area (Å²) in [6.07, 6.45) is 18.8. The number of imide groups is 2. The predicted octanol–water partition coefficient (Wildman–Crippen LogP) is 7.73. The number of carbonyl (C=O) groups excluding carboxylic acids is 6. The molecule has 72 heavy (non-hydrogen) atoms. The fourth-order valence-electron chi connectivity index (χ4n) is 10.7. The molecule has 17 nitrogen and oxygen atoms in total. The van der Waals surface area contributed by atoms with E-state index in [0.29, 0.717) is 25.1 Å². The van der Waals surface area contributed by atoms with Crippen LogP contribution in [-0.4, -0.2) is 126 Å². The van der Waals surface area contributed by atoms with Crippen LogP contribution in [0, 0.1) is 5.82 Å². The van der Waals surface area contributed by atoms with Gasteiger partial charge in [0.15, 0.2) is 5.82 Å². The summed E-state index contributed by atoms with van der Waals surface area (Å²) in [5.74, 6) is -7.97. The Labute approximate surface area is 418 Å². The van der Waals surface area contributed by atoms with E-state index in [4.69, 9.17) is 4.74 Å². The highest BCUT2D eigenvalue weighted by Crippen LogP contribution is 2.41. The van der Waals surface area contributed by atoms with Crippen molar-refractivity contribution in [3.63, 3.8) is 0 Å². The number of alkyl halides is 2. The van der Waals surface area contributed by atoms with Gasteiger partial charge in [0, 0.05) is 56.9 Å². The molecule has 1 atom stereocenters. The molecule has 1 unspecified atom stereocenters. The van der Waals surface area contributed by atoms with Crippen LogP contribution in [0.5, 0.6) is 5.75 Å². The quantitative estimate of drug-likeness (QED) is 0.0564. The van der Waals surface area contributed by atoms with Crippen molar-refractivity contribution >= 4 is 64.3 Å². The van der Waals surface area contributed by atoms with Crippen LogP contribution >= 0.6 is 0 Å². The molecule has 0 bridgehead atoms. The second kappa shape index (κ2) is 23.5. The van der Waals surface area contributed by atoms with Gasteiger partial charge in [-0.2, -0.15) is 13.8 Å². The number of halogens is 3. The first-order valence-electron chi connectivity index (χ1n) is 25.8. The average Bonchev–Trinajstić information content (AvgIpc) is 3.98. The number of rotatable bonds is 22. The minimum atomic E-state index is -3.62. The number of unbranched alkanes of at least 4 members (excludes halogenated alkanes) is 10. The molecule has 5 heterocycles. The first kappa shape index (κ1) is 52.0. The van der Waals surface area contributed by atoms with Crippen molar-refractivity contribution in [2.45, 2.75) is 146 Å². The Bertz CT molecular complexity index is 2500. The Kier molecular flexibility index (Phi) is 17.0. The summed E-state index contributed by atoms with van der Waals surface area (Å²) in [5, 5.41) is 11.5. The minimum absolute atomic E-state index is 0.00649. The molecule has 388 valence electrons. The summed E-state index contributed by atoms with van der Waals surface area (Å²) >= 11 is 0. The van der Waals surface area contributed by atoms with Gasteiger partial charge < -0.3 is 35.4 Å². The number of amides is 6. The molecule has 3 fully saturated rings. The lowest BCUT2D eigenvalue weighted by Gasteiger charge is -2.32. The van der Waals surface area contributed by atoms with Crippen molar-refractivity contribution in [1.29, 1.82) is 0 Å². The zero-order valence-corrected chi connectivity index (χ0v) is 41.3. The summed E-state index contributed by atoms with van der Waals surface area (Å²) in [6.45, 7) is 2.55. The second-order valence-electron chi connectivity index (χ2n) is 19.8. The van der Waals surface area contributed by atoms with Gasteiger partial charge in [0.25, 0.3) is 23.6 Å². The van der Waals surface area contributed by atoms with Gasteiger partial charge in [-0.05, 0) is 69.7 Å². The molecule has 3 aromatic rings. The molecule has 8 rings (SSSR count). The number of aromatic nitrogens is 2. The zero-order valence-electron chi connectivity index (χ0n) is 41.3. The smallest absolute Gasteiger partial charge is 0.342 e. The third-order valence-electron chi connectivity index (χ3n) is 14.8. The normalized spacial score (nSPS) is 19.6. The molecule has 0 spiro atoms. The molecule has 1 aliphatic carbocycles. The van der Waals surface area contributed by atoms with Gasteiger partial charge >= 0.3 is 5.92 Å². The van der Waals surface area contributed by atoms with Gasteiger partial charge in [0.1, 0.15) is 23.3 Å². The van der Waals surface area contributed by atoms with E-state index in [1.807, 2.05) is 0 Å². The number of nitrogens with zero attached hydrogens (tertiary/aromatic N) is 6. The fourth-order valence-corrected chi connectivity index (χ4v) is 10.7. The van der Waals surface area contributed by atoms with Crippen LogP contribution in [-0.2, 0) is 14.4 Å². The highest BCUT2D eigenvalue weighted by atomic mass is 19.3. The first-order valence-corrected chi connectivity index (χ1v) is 25.8. The van der Waals surface area contributed by atoms with E-state index in [9.17, 15) is 28.8 Å². The number of ether oxygens (including phenoxy) is 1. The lowest BCUT2D eigenvalue weighted by Crippen LogP contribution is -2.54. The molecular weight excluding hydrogens is 934 g/mol. The average molecular weight is 1000 g/mol. The highest BCUT2D eigenvalue weighted by molar-refractivity contribution is 6.25. The third kappa shape index (κ3) is 12.0. The van der Waals surface area contributed by atoms with Gasteiger partial charge in [0.2, 0.25) is 17.8 Å². The van der Waals surface area contributed by atoms with E-state index in [-0.39, 0.29) is 70.5 Å². The van der Waals surface area contributed by atoms with Crippen LogP contribution in [0.3, 0.4) is 0 Å². The van der Waals surface area contributed by atoms with E-state index in [2.05, 4.69) is 36.1 Å². The van der Waals surface area contributed by atoms with Gasteiger partial charge in [-0.25, -0.2) is 9.37 Å². The number of nitrogens with one attached hydrogen (secondary N) is 4. The number of likely N-dealkylation sites (tertiary alicyclic amines) is 1. The SMILES string of the molecule is COc1cc(C(=O)NC2CCN(CCCCCCCCCCCCCNc3cccc4c3C(=O)N(C3CCC(=O)NC3=O)C4=O)CC2)c(F)cc1Nc1ncc2c(n1)N(C1CCCC1)CC(F)(F)C(=O)N2C.